The van der Waals surface area contributed by atoms with E-state index >= 15 is 22.4 Å². The molecule has 0 aromatic carbocycles. The average molecular weight is 1340 g/mol. The summed E-state index contributed by atoms with van der Waals surface area (Å²) in [6.07, 6.45) is 33.9. The van der Waals surface area contributed by atoms with E-state index in [9.17, 15) is 10.8 Å². The number of halogens is 4. The Morgan fingerprint density at radius 3 is 1.29 bits per heavy atom. The van der Waals surface area contributed by atoms with Crippen LogP contribution in [-0.2, 0) is 11.2 Å². The van der Waals surface area contributed by atoms with E-state index in [0.717, 1.165) is 157 Å². The molecule has 2 aliphatic heterocycles. The molecule has 4 aliphatic rings. The highest BCUT2D eigenvalue weighted by Crippen LogP contribution is 2.60. The van der Waals surface area contributed by atoms with Gasteiger partial charge in [0.2, 0.25) is 5.78 Å². The summed E-state index contributed by atoms with van der Waals surface area (Å²) < 4.78 is 81.5. The minimum absolute atomic E-state index is 0.0170. The molecule has 2 unspecified atom stereocenters. The van der Waals surface area contributed by atoms with Gasteiger partial charge in [0.05, 0.1) is 64.0 Å². The van der Waals surface area contributed by atoms with E-state index in [1.54, 1.807) is 23.5 Å². The number of Topliss-reactive ketones (excluding diaryl/α,β-unsaturated/α-hetero) is 1. The second-order valence-electron chi connectivity index (χ2n) is 28.4. The first-order valence-corrected chi connectivity index (χ1v) is 38.7. The van der Waals surface area contributed by atoms with Gasteiger partial charge in [-0.1, -0.05) is 209 Å². The fourth-order valence-corrected chi connectivity index (χ4v) is 19.0. The van der Waals surface area contributed by atoms with Crippen LogP contribution in [0.5, 0.6) is 11.5 Å². The molecule has 2 aliphatic carbocycles. The molecule has 504 valence electrons. The number of ketones is 1. The summed E-state index contributed by atoms with van der Waals surface area (Å²) in [6.45, 7) is 21.5. The maximum Gasteiger partial charge on any atom is 0.208 e. The van der Waals surface area contributed by atoms with Crippen LogP contribution in [0, 0.1) is 52.2 Å². The summed E-state index contributed by atoms with van der Waals surface area (Å²) in [5, 5.41) is 36.6. The third-order valence-corrected chi connectivity index (χ3v) is 24.6. The number of fused-ring (bicyclic) bond motifs is 6. The van der Waals surface area contributed by atoms with Crippen LogP contribution in [0.25, 0.3) is 30.7 Å². The number of hydrogen-bond acceptors (Lipinski definition) is 11. The van der Waals surface area contributed by atoms with Crippen LogP contribution in [0.15, 0.2) is 58.7 Å². The van der Waals surface area contributed by atoms with Crippen molar-refractivity contribution in [2.24, 2.45) is 23.7 Å². The van der Waals surface area contributed by atoms with Crippen molar-refractivity contribution in [3.05, 3.63) is 89.4 Å². The Balaban J connectivity index is 1.15. The van der Waals surface area contributed by atoms with E-state index in [1.807, 2.05) is 13.0 Å². The van der Waals surface area contributed by atoms with Crippen molar-refractivity contribution in [2.75, 3.05) is 0 Å². The van der Waals surface area contributed by atoms with E-state index in [1.165, 1.54) is 108 Å². The van der Waals surface area contributed by atoms with Gasteiger partial charge >= 0.3 is 0 Å². The number of carbonyl (C=O) groups excluding carboxylic acids is 1. The molecule has 7 nitrogen and oxygen atoms in total. The molecule has 0 saturated heterocycles. The molecule has 4 aromatic rings. The lowest BCUT2D eigenvalue weighted by molar-refractivity contribution is 0.0323. The summed E-state index contributed by atoms with van der Waals surface area (Å²) in [5.74, 6) is -2.92. The minimum atomic E-state index is -1.49. The highest BCUT2D eigenvalue weighted by Gasteiger charge is 2.48. The van der Waals surface area contributed by atoms with Gasteiger partial charge < -0.3 is 9.47 Å². The quantitative estimate of drug-likeness (QED) is 0.0153. The topological polar surface area (TPSA) is 131 Å². The standard InChI is InChI=1S/C77H106F4N4O3S4/c1-11-13-15-17-19-21-23-25-27-29-39-76(40-30-28-26-24-22-20-18-16-14-12-2)53-44-57(60-64(79)63(78)52(10)67(82)68(60)83)91-73(53)75-56(88-76)46-59(92-75)71(86)62-66(81)65(80)61(69(84)70(62)85)58-45-54-72(90-58)74-55(43-51(9)89-74)87-77(54,41-37-49(7)35-31-33-47(3)4)42-38-50(8)36-32-34-48(5)6/h43-50,82-85H,11-42H2,1-10H3. The Labute approximate surface area is 564 Å². The van der Waals surface area contributed by atoms with E-state index in [2.05, 4.69) is 61.5 Å². The van der Waals surface area contributed by atoms with Crippen LogP contribution in [0.1, 0.15) is 303 Å². The molecule has 0 spiro atoms. The van der Waals surface area contributed by atoms with Crippen molar-refractivity contribution in [1.29, 1.82) is 21.6 Å². The van der Waals surface area contributed by atoms with Crippen LogP contribution < -0.4 is 9.47 Å². The molecule has 0 saturated carbocycles. The van der Waals surface area contributed by atoms with Gasteiger partial charge in [0, 0.05) is 37.4 Å². The van der Waals surface area contributed by atoms with Gasteiger partial charge in [0.1, 0.15) is 22.7 Å². The van der Waals surface area contributed by atoms with Crippen molar-refractivity contribution >= 4 is 85.1 Å². The Morgan fingerprint density at radius 2 is 0.837 bits per heavy atom. The zero-order valence-electron chi connectivity index (χ0n) is 57.1. The number of thiophene rings is 4. The van der Waals surface area contributed by atoms with Gasteiger partial charge in [-0.25, -0.2) is 17.6 Å². The summed E-state index contributed by atoms with van der Waals surface area (Å²) in [4.78, 5) is 19.7. The fourth-order valence-electron chi connectivity index (χ4n) is 14.1. The number of nitrogens with one attached hydrogen (secondary N) is 4. The first-order valence-electron chi connectivity index (χ1n) is 35.5. The first kappa shape index (κ1) is 73.2. The van der Waals surface area contributed by atoms with Gasteiger partial charge in [-0.2, -0.15) is 0 Å². The predicted octanol–water partition coefficient (Wildman–Crippen LogP) is 26.7. The maximum absolute atomic E-state index is 17.5. The van der Waals surface area contributed by atoms with Gasteiger partial charge in [-0.05, 0) is 107 Å². The molecule has 92 heavy (non-hydrogen) atoms. The van der Waals surface area contributed by atoms with Crippen LogP contribution >= 0.6 is 45.3 Å². The minimum Gasteiger partial charge on any atom is -0.481 e. The Kier molecular flexibility index (Phi) is 27.0. The second-order valence-corrected chi connectivity index (χ2v) is 32.8. The molecule has 15 heteroatoms. The van der Waals surface area contributed by atoms with E-state index in [4.69, 9.17) is 20.3 Å². The summed E-state index contributed by atoms with van der Waals surface area (Å²) in [5.41, 5.74) is -3.95. The lowest BCUT2D eigenvalue weighted by Gasteiger charge is -2.39. The third-order valence-electron chi connectivity index (χ3n) is 19.8. The van der Waals surface area contributed by atoms with Crippen LogP contribution in [0.2, 0.25) is 0 Å². The predicted molar refractivity (Wildman–Crippen MR) is 385 cm³/mol. The molecule has 0 radical (unpaired) electrons. The zero-order chi connectivity index (χ0) is 66.4. The van der Waals surface area contributed by atoms with Crippen molar-refractivity contribution in [3.8, 4) is 31.0 Å². The third kappa shape index (κ3) is 17.3. The summed E-state index contributed by atoms with van der Waals surface area (Å²) in [7, 11) is 0. The monoisotopic (exact) mass is 1340 g/mol. The van der Waals surface area contributed by atoms with E-state index < -0.39 is 68.7 Å². The normalized spacial score (nSPS) is 17.9. The summed E-state index contributed by atoms with van der Waals surface area (Å²) in [6, 6.07) is 7.33. The first-order chi connectivity index (χ1) is 44.1. The Morgan fingerprint density at radius 1 is 0.435 bits per heavy atom. The zero-order valence-corrected chi connectivity index (χ0v) is 60.4. The number of aryl methyl sites for hydroxylation is 1. The number of carbonyl (C=O) groups is 1. The molecule has 2 atom stereocenters. The van der Waals surface area contributed by atoms with Gasteiger partial charge in [-0.3, -0.25) is 26.4 Å². The Hall–Kier alpha value is -4.57. The highest BCUT2D eigenvalue weighted by molar-refractivity contribution is 7.25. The molecule has 0 amide bonds. The number of ether oxygens (including phenoxy) is 2. The molecule has 0 fully saturated rings. The fraction of sp³-hybridized carbons (Fsp3) is 0.623. The number of hydrogen-bond donors (Lipinski definition) is 4. The largest absolute Gasteiger partial charge is 0.481 e. The van der Waals surface area contributed by atoms with Gasteiger partial charge in [0.25, 0.3) is 0 Å². The molecular formula is C77H106F4N4O3S4. The lowest BCUT2D eigenvalue weighted by atomic mass is 9.78. The van der Waals surface area contributed by atoms with Crippen molar-refractivity contribution in [3.63, 3.8) is 0 Å². The van der Waals surface area contributed by atoms with E-state index in [-0.39, 0.29) is 26.5 Å². The average Bonchev–Trinajstić information content (AvgIpc) is 1.56. The van der Waals surface area contributed by atoms with Crippen LogP contribution in [0.4, 0.5) is 17.6 Å². The Bertz CT molecular complexity index is 3350. The van der Waals surface area contributed by atoms with E-state index in [0.29, 0.717) is 56.9 Å². The van der Waals surface area contributed by atoms with Crippen molar-refractivity contribution in [2.45, 2.75) is 286 Å². The number of rotatable bonds is 40. The molecule has 0 bridgehead atoms. The SMILES string of the molecule is CCCCCCCCCCCCC1(CCCCCCCCCCCC)Oc2cc(C(=O)C3=C(F)C(F)=C(c4cc5c(s4)-c4sc(C)cc4OC5(CCC(C)CCCC(C)C)CCC(C)CCCC(C)C)C(=N)C3=N)sc2-c2sc(C3=C(F)C(F)=C(C)C(=N)C3=N)cc21. The molecule has 6 heterocycles. The maximum atomic E-state index is 17.5. The van der Waals surface area contributed by atoms with Crippen LogP contribution in [0.3, 0.4) is 0 Å². The molecule has 4 aromatic heterocycles. The van der Waals surface area contributed by atoms with Crippen molar-refractivity contribution < 1.29 is 31.8 Å². The summed E-state index contributed by atoms with van der Waals surface area (Å²) >= 11 is 5.06. The van der Waals surface area contributed by atoms with Crippen LogP contribution in [-0.4, -0.2) is 28.6 Å². The lowest BCUT2D eigenvalue weighted by Crippen LogP contribution is -2.36. The molecule has 4 N–H and O–H groups in total. The molecular weight excluding hydrogens is 1230 g/mol. The number of unbranched alkanes of at least 4 members (excludes halogenated alkanes) is 18. The smallest absolute Gasteiger partial charge is 0.208 e. The number of allylic oxidation sites excluding steroid dienone is 8. The highest BCUT2D eigenvalue weighted by atomic mass is 32.1. The second kappa shape index (κ2) is 33.9. The van der Waals surface area contributed by atoms with Gasteiger partial charge in [0.15, 0.2) is 23.3 Å². The van der Waals surface area contributed by atoms with Gasteiger partial charge in [-0.15, -0.1) is 45.3 Å². The molecule has 8 rings (SSSR count). The van der Waals surface area contributed by atoms with Crippen molar-refractivity contribution in [1.82, 2.24) is 0 Å².